The van der Waals surface area contributed by atoms with E-state index in [0.717, 1.165) is 11.1 Å². The number of nitriles is 1. The van der Waals surface area contributed by atoms with E-state index in [4.69, 9.17) is 4.42 Å². The number of hydrogen-bond acceptors (Lipinski definition) is 4. The van der Waals surface area contributed by atoms with Crippen molar-refractivity contribution in [2.75, 3.05) is 5.32 Å². The summed E-state index contributed by atoms with van der Waals surface area (Å²) in [5.74, 6) is 0.350. The van der Waals surface area contributed by atoms with Crippen LogP contribution in [0, 0.1) is 17.1 Å². The molecule has 1 aromatic heterocycles. The fraction of sp³-hybridized carbons (Fsp3) is 0.100. The summed E-state index contributed by atoms with van der Waals surface area (Å²) in [7, 11) is 0. The molecule has 4 nitrogen and oxygen atoms in total. The van der Waals surface area contributed by atoms with Crippen LogP contribution in [-0.2, 0) is 0 Å². The topological polar surface area (TPSA) is 61.9 Å². The van der Waals surface area contributed by atoms with Crippen LogP contribution >= 0.6 is 0 Å². The molecular formula is C20H16FN3O. The van der Waals surface area contributed by atoms with Crippen molar-refractivity contribution in [1.29, 1.82) is 5.26 Å². The molecule has 0 amide bonds. The van der Waals surface area contributed by atoms with Crippen LogP contribution in [0.25, 0.3) is 12.2 Å². The number of aromatic nitrogens is 1. The minimum atomic E-state index is -0.290. The lowest BCUT2D eigenvalue weighted by molar-refractivity contribution is 0.552. The maximum absolute atomic E-state index is 12.9. The number of oxazole rings is 1. The molecule has 1 N–H and O–H groups in total. The second-order valence-corrected chi connectivity index (χ2v) is 5.50. The van der Waals surface area contributed by atoms with E-state index in [-0.39, 0.29) is 17.6 Å². The number of nitrogens with one attached hydrogen (secondary N) is 1. The predicted octanol–water partition coefficient (Wildman–Crippen LogP) is 5.03. The summed E-state index contributed by atoms with van der Waals surface area (Å²) in [5.41, 5.74) is 2.08. The van der Waals surface area contributed by atoms with Gasteiger partial charge in [-0.05, 0) is 36.3 Å². The Kier molecular flexibility index (Phi) is 4.91. The average molecular weight is 333 g/mol. The quantitative estimate of drug-likeness (QED) is 0.711. The zero-order valence-corrected chi connectivity index (χ0v) is 13.6. The third-order valence-electron chi connectivity index (χ3n) is 3.69. The van der Waals surface area contributed by atoms with Crippen LogP contribution in [0.1, 0.15) is 35.7 Å². The molecule has 124 valence electrons. The highest BCUT2D eigenvalue weighted by Gasteiger charge is 2.14. The van der Waals surface area contributed by atoms with Gasteiger partial charge in [-0.2, -0.15) is 10.2 Å². The normalized spacial score (nSPS) is 12.0. The average Bonchev–Trinajstić information content (AvgIpc) is 3.04. The van der Waals surface area contributed by atoms with Crippen LogP contribution in [-0.4, -0.2) is 4.98 Å². The summed E-state index contributed by atoms with van der Waals surface area (Å²) in [5, 5.41) is 12.4. The molecule has 3 rings (SSSR count). The summed E-state index contributed by atoms with van der Waals surface area (Å²) in [6, 6.07) is 17.9. The van der Waals surface area contributed by atoms with E-state index in [0.29, 0.717) is 11.8 Å². The Morgan fingerprint density at radius 3 is 2.52 bits per heavy atom. The van der Waals surface area contributed by atoms with Gasteiger partial charge in [0.25, 0.3) is 0 Å². The van der Waals surface area contributed by atoms with Gasteiger partial charge in [-0.25, -0.2) is 4.39 Å². The molecule has 0 aliphatic carbocycles. The van der Waals surface area contributed by atoms with Gasteiger partial charge < -0.3 is 9.73 Å². The number of anilines is 1. The molecule has 0 saturated heterocycles. The van der Waals surface area contributed by atoms with Crippen LogP contribution in [0.2, 0.25) is 0 Å². The smallest absolute Gasteiger partial charge is 0.233 e. The van der Waals surface area contributed by atoms with E-state index in [1.54, 1.807) is 24.3 Å². The van der Waals surface area contributed by atoms with Crippen LogP contribution in [0.3, 0.4) is 0 Å². The Bertz CT molecular complexity index is 908. The van der Waals surface area contributed by atoms with Crippen molar-refractivity contribution in [3.63, 3.8) is 0 Å². The zero-order valence-electron chi connectivity index (χ0n) is 13.6. The molecule has 25 heavy (non-hydrogen) atoms. The van der Waals surface area contributed by atoms with E-state index in [1.165, 1.54) is 12.1 Å². The SMILES string of the molecule is CC(Nc1oc(/C=C/c2ccc(F)cc2)nc1C#N)c1ccccc1. The molecule has 1 unspecified atom stereocenters. The first kappa shape index (κ1) is 16.5. The summed E-state index contributed by atoms with van der Waals surface area (Å²) >= 11 is 0. The molecule has 1 atom stereocenters. The van der Waals surface area contributed by atoms with Crippen molar-refractivity contribution in [3.05, 3.63) is 83.1 Å². The molecule has 1 heterocycles. The van der Waals surface area contributed by atoms with E-state index >= 15 is 0 Å². The van der Waals surface area contributed by atoms with Crippen molar-refractivity contribution in [2.24, 2.45) is 0 Å². The van der Waals surface area contributed by atoms with Crippen LogP contribution in [0.15, 0.2) is 59.0 Å². The van der Waals surface area contributed by atoms with Crippen LogP contribution in [0.5, 0.6) is 0 Å². The fourth-order valence-electron chi connectivity index (χ4n) is 2.34. The van der Waals surface area contributed by atoms with Gasteiger partial charge in [-0.15, -0.1) is 0 Å². The van der Waals surface area contributed by atoms with Gasteiger partial charge in [0, 0.05) is 6.08 Å². The summed E-state index contributed by atoms with van der Waals surface area (Å²) in [6.45, 7) is 1.98. The van der Waals surface area contributed by atoms with E-state index in [9.17, 15) is 9.65 Å². The molecule has 0 radical (unpaired) electrons. The molecule has 0 fully saturated rings. The van der Waals surface area contributed by atoms with Crippen molar-refractivity contribution in [2.45, 2.75) is 13.0 Å². The molecule has 0 aliphatic rings. The molecule has 0 aliphatic heterocycles. The minimum Gasteiger partial charge on any atom is -0.420 e. The van der Waals surface area contributed by atoms with Crippen LogP contribution in [0.4, 0.5) is 10.3 Å². The summed E-state index contributed by atoms with van der Waals surface area (Å²) in [6.07, 6.45) is 3.39. The maximum atomic E-state index is 12.9. The number of halogens is 1. The van der Waals surface area contributed by atoms with Gasteiger partial charge in [0.1, 0.15) is 11.9 Å². The van der Waals surface area contributed by atoms with Gasteiger partial charge in [0.05, 0.1) is 6.04 Å². The van der Waals surface area contributed by atoms with Gasteiger partial charge >= 0.3 is 0 Å². The second kappa shape index (κ2) is 7.45. The Morgan fingerprint density at radius 1 is 1.12 bits per heavy atom. The number of nitrogens with zero attached hydrogens (tertiary/aromatic N) is 2. The maximum Gasteiger partial charge on any atom is 0.233 e. The van der Waals surface area contributed by atoms with Gasteiger partial charge in [0.2, 0.25) is 17.5 Å². The largest absolute Gasteiger partial charge is 0.420 e. The lowest BCUT2D eigenvalue weighted by atomic mass is 10.1. The predicted molar refractivity (Wildman–Crippen MR) is 95.0 cm³/mol. The first-order valence-corrected chi connectivity index (χ1v) is 7.82. The number of hydrogen-bond donors (Lipinski definition) is 1. The lowest BCUT2D eigenvalue weighted by Crippen LogP contribution is -2.06. The van der Waals surface area contributed by atoms with E-state index in [1.807, 2.05) is 43.3 Å². The Labute approximate surface area is 145 Å². The lowest BCUT2D eigenvalue weighted by Gasteiger charge is -2.12. The molecule has 2 aromatic carbocycles. The monoisotopic (exact) mass is 333 g/mol. The van der Waals surface area contributed by atoms with E-state index in [2.05, 4.69) is 10.3 Å². The highest BCUT2D eigenvalue weighted by molar-refractivity contribution is 5.67. The minimum absolute atomic E-state index is 0.0322. The van der Waals surface area contributed by atoms with Crippen molar-refractivity contribution >= 4 is 18.0 Å². The molecule has 0 spiro atoms. The highest BCUT2D eigenvalue weighted by Crippen LogP contribution is 2.24. The number of benzene rings is 2. The zero-order chi connectivity index (χ0) is 17.6. The summed E-state index contributed by atoms with van der Waals surface area (Å²) < 4.78 is 18.6. The van der Waals surface area contributed by atoms with E-state index < -0.39 is 0 Å². The molecular weight excluding hydrogens is 317 g/mol. The summed E-state index contributed by atoms with van der Waals surface area (Å²) in [4.78, 5) is 4.16. The van der Waals surface area contributed by atoms with Crippen LogP contribution < -0.4 is 5.32 Å². The Morgan fingerprint density at radius 2 is 1.84 bits per heavy atom. The third-order valence-corrected chi connectivity index (χ3v) is 3.69. The Hall–Kier alpha value is -3.39. The molecule has 3 aromatic rings. The van der Waals surface area contributed by atoms with Crippen molar-refractivity contribution in [1.82, 2.24) is 4.98 Å². The fourth-order valence-corrected chi connectivity index (χ4v) is 2.34. The first-order valence-electron chi connectivity index (χ1n) is 7.82. The molecule has 0 saturated carbocycles. The van der Waals surface area contributed by atoms with Gasteiger partial charge in [-0.1, -0.05) is 42.5 Å². The van der Waals surface area contributed by atoms with Gasteiger partial charge in [-0.3, -0.25) is 0 Å². The van der Waals surface area contributed by atoms with Crippen molar-refractivity contribution < 1.29 is 8.81 Å². The molecule has 5 heteroatoms. The van der Waals surface area contributed by atoms with Crippen molar-refractivity contribution in [3.8, 4) is 6.07 Å². The standard InChI is InChI=1S/C20H16FN3O/c1-14(16-5-3-2-4-6-16)23-20-18(13-22)24-19(25-20)12-9-15-7-10-17(21)11-8-15/h2-12,14,23H,1H3/b12-9+. The molecule has 0 bridgehead atoms. The third kappa shape index (κ3) is 4.12. The Balaban J connectivity index is 1.77. The highest BCUT2D eigenvalue weighted by atomic mass is 19.1. The first-order chi connectivity index (χ1) is 12.2. The number of rotatable bonds is 5. The second-order valence-electron chi connectivity index (χ2n) is 5.50. The van der Waals surface area contributed by atoms with Gasteiger partial charge in [0.15, 0.2) is 0 Å².